The first-order valence-electron chi connectivity index (χ1n) is 8.41. The van der Waals surface area contributed by atoms with Crippen molar-refractivity contribution in [3.05, 3.63) is 34.9 Å². The second-order valence-corrected chi connectivity index (χ2v) is 6.20. The minimum absolute atomic E-state index is 0.437. The highest BCUT2D eigenvalue weighted by atomic mass is 16.5. The molecule has 2 aliphatic heterocycles. The number of rotatable bonds is 6. The van der Waals surface area contributed by atoms with Crippen LogP contribution in [0.5, 0.6) is 0 Å². The SMILES string of the molecule is CCNC(CCC1CCCCO1)c1ccc2c(c1)COC2. The molecule has 116 valence electrons. The molecule has 0 saturated carbocycles. The lowest BCUT2D eigenvalue weighted by molar-refractivity contribution is 0.00856. The van der Waals surface area contributed by atoms with E-state index in [-0.39, 0.29) is 0 Å². The van der Waals surface area contributed by atoms with Crippen LogP contribution in [0.25, 0.3) is 0 Å². The van der Waals surface area contributed by atoms with Gasteiger partial charge in [0.1, 0.15) is 0 Å². The van der Waals surface area contributed by atoms with E-state index < -0.39 is 0 Å². The van der Waals surface area contributed by atoms with Crippen LogP contribution in [0.1, 0.15) is 61.8 Å². The van der Waals surface area contributed by atoms with Gasteiger partial charge in [0.05, 0.1) is 19.3 Å². The summed E-state index contributed by atoms with van der Waals surface area (Å²) in [6, 6.07) is 7.27. The molecule has 2 unspecified atom stereocenters. The average molecular weight is 289 g/mol. The van der Waals surface area contributed by atoms with Crippen molar-refractivity contribution in [2.24, 2.45) is 0 Å². The second-order valence-electron chi connectivity index (χ2n) is 6.20. The van der Waals surface area contributed by atoms with Gasteiger partial charge in [-0.2, -0.15) is 0 Å². The quantitative estimate of drug-likeness (QED) is 0.866. The van der Waals surface area contributed by atoms with E-state index in [4.69, 9.17) is 9.47 Å². The Labute approximate surface area is 128 Å². The number of benzene rings is 1. The Morgan fingerprint density at radius 2 is 2.14 bits per heavy atom. The Balaban J connectivity index is 1.63. The third-order valence-electron chi connectivity index (χ3n) is 4.65. The summed E-state index contributed by atoms with van der Waals surface area (Å²) in [6.07, 6.45) is 6.57. The van der Waals surface area contributed by atoms with Crippen molar-refractivity contribution < 1.29 is 9.47 Å². The first-order chi connectivity index (χ1) is 10.4. The maximum atomic E-state index is 5.87. The number of nitrogens with one attached hydrogen (secondary N) is 1. The fourth-order valence-electron chi connectivity index (χ4n) is 3.43. The van der Waals surface area contributed by atoms with Gasteiger partial charge in [0, 0.05) is 12.6 Å². The molecule has 3 heteroatoms. The van der Waals surface area contributed by atoms with Gasteiger partial charge < -0.3 is 14.8 Å². The molecule has 21 heavy (non-hydrogen) atoms. The van der Waals surface area contributed by atoms with Gasteiger partial charge in [-0.05, 0) is 55.3 Å². The molecule has 2 heterocycles. The Kier molecular flexibility index (Phi) is 5.28. The van der Waals surface area contributed by atoms with Crippen LogP contribution in [0.2, 0.25) is 0 Å². The summed E-state index contributed by atoms with van der Waals surface area (Å²) in [5.74, 6) is 0. The number of hydrogen-bond acceptors (Lipinski definition) is 3. The molecule has 1 N–H and O–H groups in total. The van der Waals surface area contributed by atoms with Crippen molar-refractivity contribution >= 4 is 0 Å². The summed E-state index contributed by atoms with van der Waals surface area (Å²) in [4.78, 5) is 0. The van der Waals surface area contributed by atoms with Gasteiger partial charge in [-0.25, -0.2) is 0 Å². The zero-order valence-corrected chi connectivity index (χ0v) is 13.1. The Bertz CT molecular complexity index is 455. The maximum Gasteiger partial charge on any atom is 0.0725 e. The van der Waals surface area contributed by atoms with Crippen LogP contribution in [0, 0.1) is 0 Å². The highest BCUT2D eigenvalue weighted by Gasteiger charge is 2.19. The van der Waals surface area contributed by atoms with Crippen LogP contribution in [0.4, 0.5) is 0 Å². The number of fused-ring (bicyclic) bond motifs is 1. The molecule has 0 aromatic heterocycles. The zero-order valence-electron chi connectivity index (χ0n) is 13.1. The van der Waals surface area contributed by atoms with Gasteiger partial charge >= 0.3 is 0 Å². The average Bonchev–Trinajstić information content (AvgIpc) is 3.00. The van der Waals surface area contributed by atoms with E-state index in [9.17, 15) is 0 Å². The van der Waals surface area contributed by atoms with Crippen molar-refractivity contribution in [2.45, 2.75) is 64.4 Å². The fourth-order valence-corrected chi connectivity index (χ4v) is 3.43. The first-order valence-corrected chi connectivity index (χ1v) is 8.41. The standard InChI is InChI=1S/C18H27NO2/c1-2-19-18(9-8-17-5-3-4-10-21-17)14-6-7-15-12-20-13-16(15)11-14/h6-7,11,17-19H,2-5,8-10,12-13H2,1H3. The van der Waals surface area contributed by atoms with E-state index in [1.165, 1.54) is 36.0 Å². The predicted octanol–water partition coefficient (Wildman–Crippen LogP) is 3.72. The number of ether oxygens (including phenoxy) is 2. The van der Waals surface area contributed by atoms with Crippen LogP contribution in [-0.2, 0) is 22.7 Å². The molecular formula is C18H27NO2. The molecule has 0 spiro atoms. The first kappa shape index (κ1) is 15.0. The lowest BCUT2D eigenvalue weighted by Gasteiger charge is -2.25. The topological polar surface area (TPSA) is 30.5 Å². The highest BCUT2D eigenvalue weighted by Crippen LogP contribution is 2.28. The Morgan fingerprint density at radius 1 is 1.24 bits per heavy atom. The molecule has 0 bridgehead atoms. The third kappa shape index (κ3) is 3.85. The van der Waals surface area contributed by atoms with E-state index in [1.54, 1.807) is 0 Å². The molecule has 3 nitrogen and oxygen atoms in total. The van der Waals surface area contributed by atoms with Gasteiger partial charge in [0.25, 0.3) is 0 Å². The van der Waals surface area contributed by atoms with Crippen molar-refractivity contribution in [1.82, 2.24) is 5.32 Å². The van der Waals surface area contributed by atoms with Crippen LogP contribution < -0.4 is 5.32 Å². The van der Waals surface area contributed by atoms with Crippen molar-refractivity contribution in [1.29, 1.82) is 0 Å². The van der Waals surface area contributed by atoms with Crippen LogP contribution in [-0.4, -0.2) is 19.3 Å². The molecule has 0 aliphatic carbocycles. The van der Waals surface area contributed by atoms with Crippen molar-refractivity contribution in [3.63, 3.8) is 0 Å². The van der Waals surface area contributed by atoms with E-state index >= 15 is 0 Å². The summed E-state index contributed by atoms with van der Waals surface area (Å²) >= 11 is 0. The molecule has 2 aliphatic rings. The molecule has 1 aromatic rings. The fraction of sp³-hybridized carbons (Fsp3) is 0.667. The smallest absolute Gasteiger partial charge is 0.0725 e. The molecular weight excluding hydrogens is 262 g/mol. The summed E-state index contributed by atoms with van der Waals surface area (Å²) in [5, 5.41) is 3.63. The minimum Gasteiger partial charge on any atom is -0.378 e. The Morgan fingerprint density at radius 3 is 2.95 bits per heavy atom. The van der Waals surface area contributed by atoms with E-state index in [0.29, 0.717) is 12.1 Å². The molecule has 0 amide bonds. The lowest BCUT2D eigenvalue weighted by Crippen LogP contribution is -2.25. The summed E-state index contributed by atoms with van der Waals surface area (Å²) in [7, 11) is 0. The maximum absolute atomic E-state index is 5.87. The van der Waals surface area contributed by atoms with Crippen LogP contribution >= 0.6 is 0 Å². The molecule has 1 fully saturated rings. The van der Waals surface area contributed by atoms with E-state index in [2.05, 4.69) is 30.4 Å². The predicted molar refractivity (Wildman–Crippen MR) is 84.2 cm³/mol. The molecule has 2 atom stereocenters. The van der Waals surface area contributed by atoms with Gasteiger partial charge in [-0.3, -0.25) is 0 Å². The molecule has 3 rings (SSSR count). The monoisotopic (exact) mass is 289 g/mol. The van der Waals surface area contributed by atoms with Gasteiger partial charge in [-0.15, -0.1) is 0 Å². The zero-order chi connectivity index (χ0) is 14.5. The largest absolute Gasteiger partial charge is 0.378 e. The summed E-state index contributed by atoms with van der Waals surface area (Å²) in [6.45, 7) is 5.68. The van der Waals surface area contributed by atoms with Crippen LogP contribution in [0.15, 0.2) is 18.2 Å². The van der Waals surface area contributed by atoms with Gasteiger partial charge in [0.15, 0.2) is 0 Å². The molecule has 0 radical (unpaired) electrons. The van der Waals surface area contributed by atoms with E-state index in [1.807, 2.05) is 0 Å². The van der Waals surface area contributed by atoms with Gasteiger partial charge in [-0.1, -0.05) is 25.1 Å². The van der Waals surface area contributed by atoms with Crippen molar-refractivity contribution in [2.75, 3.05) is 13.2 Å². The van der Waals surface area contributed by atoms with Crippen molar-refractivity contribution in [3.8, 4) is 0 Å². The second kappa shape index (κ2) is 7.39. The minimum atomic E-state index is 0.437. The third-order valence-corrected chi connectivity index (χ3v) is 4.65. The highest BCUT2D eigenvalue weighted by molar-refractivity contribution is 5.34. The summed E-state index contributed by atoms with van der Waals surface area (Å²) < 4.78 is 11.4. The number of hydrogen-bond donors (Lipinski definition) is 1. The Hall–Kier alpha value is -0.900. The van der Waals surface area contributed by atoms with E-state index in [0.717, 1.165) is 39.2 Å². The molecule has 1 aromatic carbocycles. The summed E-state index contributed by atoms with van der Waals surface area (Å²) in [5.41, 5.74) is 4.12. The normalized spacial score (nSPS) is 23.0. The van der Waals surface area contributed by atoms with Gasteiger partial charge in [0.2, 0.25) is 0 Å². The lowest BCUT2D eigenvalue weighted by atomic mass is 9.95. The van der Waals surface area contributed by atoms with Crippen LogP contribution in [0.3, 0.4) is 0 Å². The molecule has 1 saturated heterocycles.